The molecule has 19 heavy (non-hydrogen) atoms. The number of carbonyl (C=O) groups excluding carboxylic acids is 1. The van der Waals surface area contributed by atoms with E-state index in [9.17, 15) is 4.79 Å². The third-order valence-corrected chi connectivity index (χ3v) is 3.71. The molecular weight excluding hydrogens is 300 g/mol. The van der Waals surface area contributed by atoms with Crippen LogP contribution in [0.1, 0.15) is 41.3 Å². The van der Waals surface area contributed by atoms with E-state index in [-0.39, 0.29) is 5.78 Å². The monoisotopic (exact) mass is 316 g/mol. The van der Waals surface area contributed by atoms with Gasteiger partial charge in [-0.2, -0.15) is 0 Å². The van der Waals surface area contributed by atoms with E-state index in [2.05, 4.69) is 29.8 Å². The summed E-state index contributed by atoms with van der Waals surface area (Å²) in [5, 5.41) is 0. The normalized spacial score (nSPS) is 10.7. The SMILES string of the molecule is CC(C)c1ccc(C(=O)Cc2ccc(Br)cc2)cc1. The zero-order valence-corrected chi connectivity index (χ0v) is 12.8. The molecule has 2 aromatic rings. The number of benzene rings is 2. The van der Waals surface area contributed by atoms with Gasteiger partial charge in [0.05, 0.1) is 0 Å². The Balaban J connectivity index is 2.09. The van der Waals surface area contributed by atoms with E-state index in [4.69, 9.17) is 0 Å². The van der Waals surface area contributed by atoms with Gasteiger partial charge in [0.25, 0.3) is 0 Å². The highest BCUT2D eigenvalue weighted by Crippen LogP contribution is 2.17. The second-order valence-electron chi connectivity index (χ2n) is 5.00. The fraction of sp³-hybridized carbons (Fsp3) is 0.235. The minimum absolute atomic E-state index is 0.164. The molecule has 0 radical (unpaired) electrons. The molecule has 0 unspecified atom stereocenters. The Bertz CT molecular complexity index is 553. The van der Waals surface area contributed by atoms with Crippen LogP contribution in [0, 0.1) is 0 Å². The van der Waals surface area contributed by atoms with Crippen LogP contribution < -0.4 is 0 Å². The molecule has 0 bridgehead atoms. The van der Waals surface area contributed by atoms with E-state index in [1.807, 2.05) is 48.5 Å². The van der Waals surface area contributed by atoms with E-state index in [0.29, 0.717) is 12.3 Å². The molecule has 2 rings (SSSR count). The minimum Gasteiger partial charge on any atom is -0.294 e. The first-order valence-electron chi connectivity index (χ1n) is 6.44. The molecule has 0 heterocycles. The Hall–Kier alpha value is -1.41. The predicted octanol–water partition coefficient (Wildman–Crippen LogP) is 5.00. The van der Waals surface area contributed by atoms with E-state index in [0.717, 1.165) is 15.6 Å². The first-order chi connectivity index (χ1) is 9.06. The van der Waals surface area contributed by atoms with Crippen molar-refractivity contribution >= 4 is 21.7 Å². The average Bonchev–Trinajstić information content (AvgIpc) is 2.41. The van der Waals surface area contributed by atoms with Crippen molar-refractivity contribution in [1.29, 1.82) is 0 Å². The van der Waals surface area contributed by atoms with Crippen LogP contribution in [0.5, 0.6) is 0 Å². The summed E-state index contributed by atoms with van der Waals surface area (Å²) in [6, 6.07) is 15.8. The minimum atomic E-state index is 0.164. The molecule has 2 aromatic carbocycles. The van der Waals surface area contributed by atoms with Gasteiger partial charge in [-0.05, 0) is 29.2 Å². The van der Waals surface area contributed by atoms with Gasteiger partial charge in [-0.3, -0.25) is 4.79 Å². The van der Waals surface area contributed by atoms with Gasteiger partial charge < -0.3 is 0 Å². The van der Waals surface area contributed by atoms with Crippen LogP contribution in [0.2, 0.25) is 0 Å². The quantitative estimate of drug-likeness (QED) is 0.725. The maximum Gasteiger partial charge on any atom is 0.167 e. The van der Waals surface area contributed by atoms with Crippen molar-refractivity contribution in [2.75, 3.05) is 0 Å². The van der Waals surface area contributed by atoms with Crippen molar-refractivity contribution in [2.24, 2.45) is 0 Å². The summed E-state index contributed by atoms with van der Waals surface area (Å²) in [6.45, 7) is 4.30. The van der Waals surface area contributed by atoms with Crippen LogP contribution in [0.3, 0.4) is 0 Å². The smallest absolute Gasteiger partial charge is 0.167 e. The number of halogens is 1. The molecule has 0 atom stereocenters. The summed E-state index contributed by atoms with van der Waals surface area (Å²) in [6.07, 6.45) is 0.453. The molecule has 0 N–H and O–H groups in total. The highest BCUT2D eigenvalue weighted by molar-refractivity contribution is 9.10. The third-order valence-electron chi connectivity index (χ3n) is 3.18. The molecule has 0 aromatic heterocycles. The number of carbonyl (C=O) groups is 1. The van der Waals surface area contributed by atoms with Crippen molar-refractivity contribution in [3.8, 4) is 0 Å². The lowest BCUT2D eigenvalue weighted by molar-refractivity contribution is 0.0993. The predicted molar refractivity (Wildman–Crippen MR) is 82.7 cm³/mol. The molecule has 98 valence electrons. The first kappa shape index (κ1) is 14.0. The topological polar surface area (TPSA) is 17.1 Å². The Morgan fingerprint density at radius 1 is 1.00 bits per heavy atom. The summed E-state index contributed by atoms with van der Waals surface area (Å²) in [4.78, 5) is 12.2. The Labute approximate surface area is 122 Å². The maximum absolute atomic E-state index is 12.2. The summed E-state index contributed by atoms with van der Waals surface area (Å²) in [5.74, 6) is 0.660. The Kier molecular flexibility index (Phi) is 4.54. The summed E-state index contributed by atoms with van der Waals surface area (Å²) < 4.78 is 1.03. The lowest BCUT2D eigenvalue weighted by Gasteiger charge is -2.06. The number of ketones is 1. The van der Waals surface area contributed by atoms with Crippen molar-refractivity contribution < 1.29 is 4.79 Å². The van der Waals surface area contributed by atoms with Gasteiger partial charge >= 0.3 is 0 Å². The molecule has 0 spiro atoms. The van der Waals surface area contributed by atoms with E-state index in [1.165, 1.54) is 5.56 Å². The second kappa shape index (κ2) is 6.16. The van der Waals surface area contributed by atoms with Gasteiger partial charge in [-0.1, -0.05) is 66.2 Å². The van der Waals surface area contributed by atoms with Crippen LogP contribution in [0.4, 0.5) is 0 Å². The van der Waals surface area contributed by atoms with Gasteiger partial charge in [-0.25, -0.2) is 0 Å². The lowest BCUT2D eigenvalue weighted by Crippen LogP contribution is -2.03. The standard InChI is InChI=1S/C17H17BrO/c1-12(2)14-5-7-15(8-6-14)17(19)11-13-3-9-16(18)10-4-13/h3-10,12H,11H2,1-2H3. The fourth-order valence-corrected chi connectivity index (χ4v) is 2.21. The van der Waals surface area contributed by atoms with Gasteiger partial charge in [0.2, 0.25) is 0 Å². The molecule has 0 aliphatic rings. The summed E-state index contributed by atoms with van der Waals surface area (Å²) >= 11 is 3.39. The van der Waals surface area contributed by atoms with Crippen LogP contribution in [0.15, 0.2) is 53.0 Å². The highest BCUT2D eigenvalue weighted by Gasteiger charge is 2.07. The van der Waals surface area contributed by atoms with Crippen LogP contribution in [-0.2, 0) is 6.42 Å². The molecule has 0 saturated carbocycles. The average molecular weight is 317 g/mol. The summed E-state index contributed by atoms with van der Waals surface area (Å²) in [5.41, 5.74) is 3.09. The molecule has 0 saturated heterocycles. The van der Waals surface area contributed by atoms with Crippen molar-refractivity contribution in [3.63, 3.8) is 0 Å². The highest BCUT2D eigenvalue weighted by atomic mass is 79.9. The van der Waals surface area contributed by atoms with Gasteiger partial charge in [0, 0.05) is 16.5 Å². The fourth-order valence-electron chi connectivity index (χ4n) is 1.94. The number of Topliss-reactive ketones (excluding diaryl/α,β-unsaturated/α-hetero) is 1. The molecule has 1 nitrogen and oxygen atoms in total. The van der Waals surface area contributed by atoms with Crippen LogP contribution in [-0.4, -0.2) is 5.78 Å². The van der Waals surface area contributed by atoms with Crippen molar-refractivity contribution in [2.45, 2.75) is 26.2 Å². The van der Waals surface area contributed by atoms with Crippen molar-refractivity contribution in [1.82, 2.24) is 0 Å². The van der Waals surface area contributed by atoms with Gasteiger partial charge in [-0.15, -0.1) is 0 Å². The van der Waals surface area contributed by atoms with E-state index in [1.54, 1.807) is 0 Å². The van der Waals surface area contributed by atoms with Gasteiger partial charge in [0.15, 0.2) is 5.78 Å². The summed E-state index contributed by atoms with van der Waals surface area (Å²) in [7, 11) is 0. The van der Waals surface area contributed by atoms with Crippen LogP contribution in [0.25, 0.3) is 0 Å². The Morgan fingerprint density at radius 2 is 1.58 bits per heavy atom. The largest absolute Gasteiger partial charge is 0.294 e. The first-order valence-corrected chi connectivity index (χ1v) is 7.23. The molecule has 0 amide bonds. The maximum atomic E-state index is 12.2. The number of hydrogen-bond acceptors (Lipinski definition) is 1. The molecule has 0 aliphatic heterocycles. The third kappa shape index (κ3) is 3.77. The number of rotatable bonds is 4. The zero-order valence-electron chi connectivity index (χ0n) is 11.2. The van der Waals surface area contributed by atoms with E-state index >= 15 is 0 Å². The van der Waals surface area contributed by atoms with Crippen LogP contribution >= 0.6 is 15.9 Å². The molecule has 0 aliphatic carbocycles. The zero-order chi connectivity index (χ0) is 13.8. The molecule has 0 fully saturated rings. The van der Waals surface area contributed by atoms with Gasteiger partial charge in [0.1, 0.15) is 0 Å². The van der Waals surface area contributed by atoms with Crippen molar-refractivity contribution in [3.05, 3.63) is 69.7 Å². The van der Waals surface area contributed by atoms with E-state index < -0.39 is 0 Å². The number of hydrogen-bond donors (Lipinski definition) is 0. The second-order valence-corrected chi connectivity index (χ2v) is 5.92. The Morgan fingerprint density at radius 3 is 2.11 bits per heavy atom. The lowest BCUT2D eigenvalue weighted by atomic mass is 9.98. The molecule has 2 heteroatoms. The molecular formula is C17H17BrO.